The Kier molecular flexibility index (Phi) is 3.10. The minimum atomic E-state index is -3.50. The molecule has 0 radical (unpaired) electrons. The van der Waals surface area contributed by atoms with Gasteiger partial charge >= 0.3 is 7.60 Å². The molecule has 0 aromatic heterocycles. The summed E-state index contributed by atoms with van der Waals surface area (Å²) in [4.78, 5) is 9.47. The molecule has 2 aromatic carbocycles. The first-order chi connectivity index (χ1) is 7.62. The van der Waals surface area contributed by atoms with Gasteiger partial charge < -0.3 is 9.42 Å². The standard InChI is InChI=1S/C12H13O3P/c1-15-16(13,14)9-11-7-4-6-10-5-2-3-8-12(10)11/h2-8H,9H2,1H3,(H,13,14). The number of hydrogen-bond acceptors (Lipinski definition) is 2. The first-order valence-corrected chi connectivity index (χ1v) is 6.73. The molecule has 0 saturated carbocycles. The molecule has 0 aliphatic carbocycles. The fraction of sp³-hybridized carbons (Fsp3) is 0.167. The zero-order valence-electron chi connectivity index (χ0n) is 8.96. The van der Waals surface area contributed by atoms with Gasteiger partial charge in [-0.25, -0.2) is 0 Å². The average molecular weight is 236 g/mol. The summed E-state index contributed by atoms with van der Waals surface area (Å²) in [5.41, 5.74) is 0.839. The normalized spacial score (nSPS) is 14.9. The summed E-state index contributed by atoms with van der Waals surface area (Å²) in [5, 5.41) is 2.06. The van der Waals surface area contributed by atoms with Gasteiger partial charge in [-0.1, -0.05) is 42.5 Å². The van der Waals surface area contributed by atoms with Crippen LogP contribution in [0, 0.1) is 0 Å². The van der Waals surface area contributed by atoms with Gasteiger partial charge in [-0.2, -0.15) is 0 Å². The SMILES string of the molecule is COP(=O)(O)Cc1cccc2ccccc12. The molecule has 3 nitrogen and oxygen atoms in total. The number of benzene rings is 2. The van der Waals surface area contributed by atoms with E-state index in [2.05, 4.69) is 4.52 Å². The highest BCUT2D eigenvalue weighted by Crippen LogP contribution is 2.45. The van der Waals surface area contributed by atoms with Gasteiger partial charge in [0.1, 0.15) is 0 Å². The molecule has 2 aromatic rings. The number of hydrogen-bond donors (Lipinski definition) is 1. The van der Waals surface area contributed by atoms with Crippen LogP contribution in [0.3, 0.4) is 0 Å². The average Bonchev–Trinajstić information content (AvgIpc) is 2.29. The predicted molar refractivity (Wildman–Crippen MR) is 64.5 cm³/mol. The molecule has 1 unspecified atom stereocenters. The highest BCUT2D eigenvalue weighted by molar-refractivity contribution is 7.51. The Bertz CT molecular complexity index is 545. The Morgan fingerprint density at radius 3 is 2.62 bits per heavy atom. The summed E-state index contributed by atoms with van der Waals surface area (Å²) < 4.78 is 16.1. The van der Waals surface area contributed by atoms with Gasteiger partial charge in [0.2, 0.25) is 0 Å². The topological polar surface area (TPSA) is 46.5 Å². The van der Waals surface area contributed by atoms with Gasteiger partial charge in [-0.05, 0) is 16.3 Å². The molecule has 4 heteroatoms. The predicted octanol–water partition coefficient (Wildman–Crippen LogP) is 3.17. The van der Waals surface area contributed by atoms with Crippen molar-refractivity contribution >= 4 is 18.4 Å². The van der Waals surface area contributed by atoms with Gasteiger partial charge in [-0.15, -0.1) is 0 Å². The summed E-state index contributed by atoms with van der Waals surface area (Å²) >= 11 is 0. The zero-order valence-corrected chi connectivity index (χ0v) is 9.85. The molecule has 0 heterocycles. The van der Waals surface area contributed by atoms with Crippen molar-refractivity contribution in [2.24, 2.45) is 0 Å². The summed E-state index contributed by atoms with van der Waals surface area (Å²) in [7, 11) is -2.24. The van der Waals surface area contributed by atoms with E-state index in [9.17, 15) is 9.46 Å². The quantitative estimate of drug-likeness (QED) is 0.832. The molecule has 0 amide bonds. The van der Waals surface area contributed by atoms with Gasteiger partial charge in [0, 0.05) is 7.11 Å². The van der Waals surface area contributed by atoms with E-state index in [-0.39, 0.29) is 6.16 Å². The summed E-state index contributed by atoms with van der Waals surface area (Å²) in [6.45, 7) is 0. The Morgan fingerprint density at radius 2 is 1.88 bits per heavy atom. The second kappa shape index (κ2) is 4.38. The molecule has 84 valence electrons. The second-order valence-corrected chi connectivity index (χ2v) is 5.57. The van der Waals surface area contributed by atoms with E-state index < -0.39 is 7.60 Å². The van der Waals surface area contributed by atoms with Crippen molar-refractivity contribution in [3.05, 3.63) is 48.0 Å². The highest BCUT2D eigenvalue weighted by atomic mass is 31.2. The first kappa shape index (κ1) is 11.3. The van der Waals surface area contributed by atoms with Gasteiger partial charge in [0.05, 0.1) is 6.16 Å². The van der Waals surface area contributed by atoms with Crippen LogP contribution in [0.15, 0.2) is 42.5 Å². The lowest BCUT2D eigenvalue weighted by Gasteiger charge is -2.10. The first-order valence-electron chi connectivity index (χ1n) is 4.96. The van der Waals surface area contributed by atoms with E-state index in [1.54, 1.807) is 0 Å². The molecule has 0 aliphatic rings. The Balaban J connectivity index is 2.49. The lowest BCUT2D eigenvalue weighted by atomic mass is 10.1. The van der Waals surface area contributed by atoms with Gasteiger partial charge in [0.15, 0.2) is 0 Å². The van der Waals surface area contributed by atoms with Crippen LogP contribution in [0.2, 0.25) is 0 Å². The Labute approximate surface area is 94.2 Å². The van der Waals surface area contributed by atoms with Crippen molar-refractivity contribution in [1.82, 2.24) is 0 Å². The van der Waals surface area contributed by atoms with Crippen LogP contribution in [0.1, 0.15) is 5.56 Å². The minimum Gasteiger partial charge on any atom is -0.324 e. The molecule has 1 N–H and O–H groups in total. The second-order valence-electron chi connectivity index (χ2n) is 3.62. The monoisotopic (exact) mass is 236 g/mol. The van der Waals surface area contributed by atoms with Crippen LogP contribution in [-0.2, 0) is 15.3 Å². The van der Waals surface area contributed by atoms with E-state index in [0.717, 1.165) is 16.3 Å². The molecular weight excluding hydrogens is 223 g/mol. The summed E-state index contributed by atoms with van der Waals surface area (Å²) in [5.74, 6) is 0. The Hall–Kier alpha value is -1.15. The smallest absolute Gasteiger partial charge is 0.324 e. The van der Waals surface area contributed by atoms with E-state index in [1.165, 1.54) is 7.11 Å². The lowest BCUT2D eigenvalue weighted by Crippen LogP contribution is -1.91. The van der Waals surface area contributed by atoms with Gasteiger partial charge in [-0.3, -0.25) is 4.57 Å². The molecule has 0 spiro atoms. The van der Waals surface area contributed by atoms with E-state index in [4.69, 9.17) is 0 Å². The summed E-state index contributed by atoms with van der Waals surface area (Å²) in [6, 6.07) is 13.5. The van der Waals surface area contributed by atoms with Crippen molar-refractivity contribution in [2.45, 2.75) is 6.16 Å². The van der Waals surface area contributed by atoms with Gasteiger partial charge in [0.25, 0.3) is 0 Å². The summed E-state index contributed by atoms with van der Waals surface area (Å²) in [6.07, 6.45) is 0.0465. The maximum atomic E-state index is 11.5. The molecule has 0 fully saturated rings. The van der Waals surface area contributed by atoms with E-state index >= 15 is 0 Å². The highest BCUT2D eigenvalue weighted by Gasteiger charge is 2.18. The lowest BCUT2D eigenvalue weighted by molar-refractivity contribution is 0.314. The van der Waals surface area contributed by atoms with Crippen LogP contribution < -0.4 is 0 Å². The zero-order chi connectivity index (χ0) is 11.6. The third-order valence-corrected chi connectivity index (χ3v) is 3.85. The fourth-order valence-corrected chi connectivity index (χ4v) is 2.55. The van der Waals surface area contributed by atoms with E-state index in [0.29, 0.717) is 0 Å². The van der Waals surface area contributed by atoms with Crippen LogP contribution in [0.25, 0.3) is 10.8 Å². The molecule has 1 atom stereocenters. The van der Waals surface area contributed by atoms with Crippen molar-refractivity contribution < 1.29 is 14.0 Å². The maximum absolute atomic E-state index is 11.5. The van der Waals surface area contributed by atoms with Crippen molar-refractivity contribution in [2.75, 3.05) is 7.11 Å². The van der Waals surface area contributed by atoms with Crippen molar-refractivity contribution in [1.29, 1.82) is 0 Å². The van der Waals surface area contributed by atoms with Crippen LogP contribution >= 0.6 is 7.60 Å². The fourth-order valence-electron chi connectivity index (χ4n) is 1.71. The maximum Gasteiger partial charge on any atom is 0.332 e. The van der Waals surface area contributed by atoms with Crippen LogP contribution in [0.5, 0.6) is 0 Å². The molecule has 0 aliphatic heterocycles. The minimum absolute atomic E-state index is 0.0465. The number of rotatable bonds is 3. The molecule has 16 heavy (non-hydrogen) atoms. The third kappa shape index (κ3) is 2.33. The van der Waals surface area contributed by atoms with Crippen LogP contribution in [0.4, 0.5) is 0 Å². The Morgan fingerprint density at radius 1 is 1.19 bits per heavy atom. The van der Waals surface area contributed by atoms with E-state index in [1.807, 2.05) is 42.5 Å². The molecular formula is C12H13O3P. The number of fused-ring (bicyclic) bond motifs is 1. The van der Waals surface area contributed by atoms with Crippen molar-refractivity contribution in [3.63, 3.8) is 0 Å². The van der Waals surface area contributed by atoms with Crippen molar-refractivity contribution in [3.8, 4) is 0 Å². The molecule has 0 saturated heterocycles. The largest absolute Gasteiger partial charge is 0.332 e. The molecule has 0 bridgehead atoms. The molecule has 2 rings (SSSR count). The third-order valence-electron chi connectivity index (χ3n) is 2.54. The van der Waals surface area contributed by atoms with Crippen LogP contribution in [-0.4, -0.2) is 12.0 Å².